The maximum absolute atomic E-state index is 12.2. The molecule has 0 aliphatic carbocycles. The lowest BCUT2D eigenvalue weighted by Gasteiger charge is -2.32. The minimum absolute atomic E-state index is 0.287. The summed E-state index contributed by atoms with van der Waals surface area (Å²) in [7, 11) is 0. The number of nitrogens with zero attached hydrogens (tertiary/aromatic N) is 1. The molecule has 0 fully saturated rings. The quantitative estimate of drug-likeness (QED) is 0.809. The normalized spacial score (nSPS) is 17.4. The van der Waals surface area contributed by atoms with Crippen molar-refractivity contribution >= 4 is 23.6 Å². The molecule has 1 heterocycles. The highest BCUT2D eigenvalue weighted by molar-refractivity contribution is 6.07. The Morgan fingerprint density at radius 2 is 2.00 bits per heavy atom. The molecule has 2 N–H and O–H groups in total. The number of urea groups is 1. The summed E-state index contributed by atoms with van der Waals surface area (Å²) in [6.07, 6.45) is 2.39. The minimum atomic E-state index is -1.24. The van der Waals surface area contributed by atoms with E-state index in [1.165, 1.54) is 4.90 Å². The average Bonchev–Trinajstić information content (AvgIpc) is 2.44. The van der Waals surface area contributed by atoms with E-state index in [4.69, 9.17) is 5.11 Å². The van der Waals surface area contributed by atoms with Gasteiger partial charge in [-0.1, -0.05) is 25.1 Å². The number of rotatable bonds is 2. The van der Waals surface area contributed by atoms with E-state index >= 15 is 0 Å². The molecule has 3 amide bonds. The SMILES string of the molecule is CC1Cc2ccccc2N(C(=O)NC(=O)C=CC(=O)O)C1. The van der Waals surface area contributed by atoms with Crippen LogP contribution in [0.4, 0.5) is 10.5 Å². The fourth-order valence-electron chi connectivity index (χ4n) is 2.35. The second-order valence-corrected chi connectivity index (χ2v) is 5.01. The molecule has 1 aromatic rings. The van der Waals surface area contributed by atoms with Crippen LogP contribution in [0.2, 0.25) is 0 Å². The van der Waals surface area contributed by atoms with Gasteiger partial charge in [-0.2, -0.15) is 0 Å². The van der Waals surface area contributed by atoms with Crippen LogP contribution >= 0.6 is 0 Å². The van der Waals surface area contributed by atoms with E-state index in [-0.39, 0.29) is 5.92 Å². The van der Waals surface area contributed by atoms with Crippen LogP contribution in [0.25, 0.3) is 0 Å². The Bertz CT molecular complexity index is 609. The Kier molecular flexibility index (Phi) is 4.37. The maximum Gasteiger partial charge on any atom is 0.328 e. The highest BCUT2D eigenvalue weighted by atomic mass is 16.4. The molecule has 1 aliphatic heterocycles. The molecular formula is C15H16N2O4. The molecule has 1 atom stereocenters. The molecule has 110 valence electrons. The van der Waals surface area contributed by atoms with Crippen molar-refractivity contribution in [2.75, 3.05) is 11.4 Å². The molecule has 0 saturated heterocycles. The Morgan fingerprint density at radius 3 is 2.71 bits per heavy atom. The number of hydrogen-bond acceptors (Lipinski definition) is 3. The monoisotopic (exact) mass is 288 g/mol. The third kappa shape index (κ3) is 3.68. The smallest absolute Gasteiger partial charge is 0.328 e. The van der Waals surface area contributed by atoms with Gasteiger partial charge in [0.05, 0.1) is 0 Å². The molecule has 0 saturated carbocycles. The Morgan fingerprint density at radius 1 is 1.29 bits per heavy atom. The van der Waals surface area contributed by atoms with Crippen molar-refractivity contribution in [1.29, 1.82) is 0 Å². The fraction of sp³-hybridized carbons (Fsp3) is 0.267. The van der Waals surface area contributed by atoms with Crippen molar-refractivity contribution in [2.45, 2.75) is 13.3 Å². The summed E-state index contributed by atoms with van der Waals surface area (Å²) in [5.41, 5.74) is 1.84. The highest BCUT2D eigenvalue weighted by Crippen LogP contribution is 2.29. The third-order valence-corrected chi connectivity index (χ3v) is 3.20. The van der Waals surface area contributed by atoms with Gasteiger partial charge in [0.25, 0.3) is 5.91 Å². The molecule has 0 bridgehead atoms. The lowest BCUT2D eigenvalue weighted by atomic mass is 9.94. The number of carbonyl (C=O) groups excluding carboxylic acids is 2. The van der Waals surface area contributed by atoms with Gasteiger partial charge in [0.15, 0.2) is 0 Å². The van der Waals surface area contributed by atoms with Gasteiger partial charge >= 0.3 is 12.0 Å². The van der Waals surface area contributed by atoms with Crippen LogP contribution in [0, 0.1) is 5.92 Å². The lowest BCUT2D eigenvalue weighted by molar-refractivity contribution is -0.131. The zero-order valence-corrected chi connectivity index (χ0v) is 11.6. The molecule has 6 nitrogen and oxygen atoms in total. The number of carbonyl (C=O) groups is 3. The van der Waals surface area contributed by atoms with Crippen LogP contribution in [0.3, 0.4) is 0 Å². The van der Waals surface area contributed by atoms with Gasteiger partial charge in [0.2, 0.25) is 0 Å². The van der Waals surface area contributed by atoms with Crippen molar-refractivity contribution in [3.05, 3.63) is 42.0 Å². The molecule has 6 heteroatoms. The molecular weight excluding hydrogens is 272 g/mol. The van der Waals surface area contributed by atoms with Crippen molar-refractivity contribution in [3.8, 4) is 0 Å². The molecule has 1 aliphatic rings. The minimum Gasteiger partial charge on any atom is -0.478 e. The largest absolute Gasteiger partial charge is 0.478 e. The predicted octanol–water partition coefficient (Wildman–Crippen LogP) is 1.56. The molecule has 1 aromatic carbocycles. The Balaban J connectivity index is 2.13. The lowest BCUT2D eigenvalue weighted by Crippen LogP contribution is -2.46. The molecule has 0 aromatic heterocycles. The van der Waals surface area contributed by atoms with Gasteiger partial charge in [-0.25, -0.2) is 9.59 Å². The van der Waals surface area contributed by atoms with Crippen LogP contribution in [0.15, 0.2) is 36.4 Å². The number of benzene rings is 1. The topological polar surface area (TPSA) is 86.7 Å². The van der Waals surface area contributed by atoms with Crippen molar-refractivity contribution in [1.82, 2.24) is 5.32 Å². The van der Waals surface area contributed by atoms with Crippen molar-refractivity contribution < 1.29 is 19.5 Å². The number of imide groups is 1. The van der Waals surface area contributed by atoms with Crippen LogP contribution in [-0.4, -0.2) is 29.6 Å². The van der Waals surface area contributed by atoms with Crippen LogP contribution in [0.1, 0.15) is 12.5 Å². The van der Waals surface area contributed by atoms with E-state index in [0.29, 0.717) is 12.6 Å². The van der Waals surface area contributed by atoms with Crippen molar-refractivity contribution in [2.24, 2.45) is 5.92 Å². The fourth-order valence-corrected chi connectivity index (χ4v) is 2.35. The van der Waals surface area contributed by atoms with Gasteiger partial charge in [-0.15, -0.1) is 0 Å². The van der Waals surface area contributed by atoms with Crippen LogP contribution < -0.4 is 10.2 Å². The number of aliphatic carboxylic acids is 1. The van der Waals surface area contributed by atoms with Gasteiger partial charge in [-0.3, -0.25) is 15.0 Å². The third-order valence-electron chi connectivity index (χ3n) is 3.20. The summed E-state index contributed by atoms with van der Waals surface area (Å²) in [5, 5.41) is 10.6. The summed E-state index contributed by atoms with van der Waals surface area (Å²) in [4.78, 5) is 35.5. The first-order chi connectivity index (χ1) is 9.97. The van der Waals surface area contributed by atoms with E-state index in [9.17, 15) is 14.4 Å². The van der Waals surface area contributed by atoms with Gasteiger partial charge in [0, 0.05) is 24.4 Å². The zero-order valence-electron chi connectivity index (χ0n) is 11.6. The first-order valence-corrected chi connectivity index (χ1v) is 6.58. The number of para-hydroxylation sites is 1. The van der Waals surface area contributed by atoms with E-state index in [2.05, 4.69) is 5.32 Å². The van der Waals surface area contributed by atoms with E-state index in [0.717, 1.165) is 23.7 Å². The average molecular weight is 288 g/mol. The van der Waals surface area contributed by atoms with Gasteiger partial charge in [0.1, 0.15) is 0 Å². The van der Waals surface area contributed by atoms with Gasteiger partial charge in [-0.05, 0) is 24.0 Å². The number of amides is 3. The number of anilines is 1. The highest BCUT2D eigenvalue weighted by Gasteiger charge is 2.26. The molecule has 0 radical (unpaired) electrons. The van der Waals surface area contributed by atoms with Gasteiger partial charge < -0.3 is 5.11 Å². The number of fused-ring (bicyclic) bond motifs is 1. The van der Waals surface area contributed by atoms with Crippen LogP contribution in [-0.2, 0) is 16.0 Å². The number of nitrogens with one attached hydrogen (secondary N) is 1. The summed E-state index contributed by atoms with van der Waals surface area (Å²) in [5.74, 6) is -1.71. The van der Waals surface area contributed by atoms with Crippen molar-refractivity contribution in [3.63, 3.8) is 0 Å². The molecule has 1 unspecified atom stereocenters. The predicted molar refractivity (Wildman–Crippen MR) is 77.0 cm³/mol. The van der Waals surface area contributed by atoms with E-state index in [1.54, 1.807) is 0 Å². The second-order valence-electron chi connectivity index (χ2n) is 5.01. The number of hydrogen-bond donors (Lipinski definition) is 2. The maximum atomic E-state index is 12.2. The van der Waals surface area contributed by atoms with Crippen LogP contribution in [0.5, 0.6) is 0 Å². The van der Waals surface area contributed by atoms with E-state index < -0.39 is 17.9 Å². The Hall–Kier alpha value is -2.63. The first kappa shape index (κ1) is 14.8. The first-order valence-electron chi connectivity index (χ1n) is 6.58. The molecule has 0 spiro atoms. The summed E-state index contributed by atoms with van der Waals surface area (Å²) in [6.45, 7) is 2.54. The number of carboxylic acid groups (broad SMARTS) is 1. The molecule has 2 rings (SSSR count). The summed E-state index contributed by atoms with van der Waals surface area (Å²) >= 11 is 0. The van der Waals surface area contributed by atoms with E-state index in [1.807, 2.05) is 31.2 Å². The second kappa shape index (κ2) is 6.21. The number of carboxylic acids is 1. The molecule has 21 heavy (non-hydrogen) atoms. The summed E-state index contributed by atoms with van der Waals surface area (Å²) in [6, 6.07) is 6.99. The zero-order chi connectivity index (χ0) is 15.4. The summed E-state index contributed by atoms with van der Waals surface area (Å²) < 4.78 is 0. The Labute approximate surface area is 122 Å². The standard InChI is InChI=1S/C15H16N2O4/c1-10-8-11-4-2-3-5-12(11)17(9-10)15(21)16-13(18)6-7-14(19)20/h2-7,10H,8-9H2,1H3,(H,19,20)(H,16,18,21).